The smallest absolute Gasteiger partial charge is 0.183 e. The zero-order chi connectivity index (χ0) is 16.5. The first-order chi connectivity index (χ1) is 11.7. The minimum atomic E-state index is 0.570. The molecule has 0 bridgehead atoms. The maximum Gasteiger partial charge on any atom is 0.183 e. The first-order valence-electron chi connectivity index (χ1n) is 7.58. The number of fused-ring (bicyclic) bond motifs is 1. The van der Waals surface area contributed by atoms with Gasteiger partial charge in [0.05, 0.1) is 12.2 Å². The van der Waals surface area contributed by atoms with Crippen molar-refractivity contribution in [1.82, 2.24) is 14.4 Å². The van der Waals surface area contributed by atoms with Gasteiger partial charge >= 0.3 is 0 Å². The van der Waals surface area contributed by atoms with Crippen molar-refractivity contribution >= 4 is 34.3 Å². The Morgan fingerprint density at radius 3 is 2.96 bits per heavy atom. The Kier molecular flexibility index (Phi) is 3.96. The first kappa shape index (κ1) is 15.2. The number of hydrogen-bond donors (Lipinski definition) is 1. The summed E-state index contributed by atoms with van der Waals surface area (Å²) < 4.78 is 2.63. The molecule has 4 aromatic rings. The lowest BCUT2D eigenvalue weighted by Gasteiger charge is -2.06. The molecular formula is C18H15ClN4S. The molecule has 1 aromatic carbocycles. The molecule has 120 valence electrons. The van der Waals surface area contributed by atoms with Crippen molar-refractivity contribution in [2.24, 2.45) is 0 Å². The van der Waals surface area contributed by atoms with E-state index in [-0.39, 0.29) is 0 Å². The highest BCUT2D eigenvalue weighted by Gasteiger charge is 2.07. The fraction of sp³-hybridized carbons (Fsp3) is 0.111. The van der Waals surface area contributed by atoms with E-state index in [9.17, 15) is 0 Å². The van der Waals surface area contributed by atoms with Crippen molar-refractivity contribution in [3.8, 4) is 11.3 Å². The molecule has 0 aliphatic heterocycles. The van der Waals surface area contributed by atoms with Crippen LogP contribution in [0.15, 0.2) is 55.0 Å². The SMILES string of the molecule is Cc1cccn2cc(-c3cccc(NCc4cnc(Cl)s4)c3)nc12. The number of imidazole rings is 1. The van der Waals surface area contributed by atoms with Crippen LogP contribution in [0.2, 0.25) is 4.47 Å². The largest absolute Gasteiger partial charge is 0.380 e. The fourth-order valence-electron chi connectivity index (χ4n) is 2.64. The first-order valence-corrected chi connectivity index (χ1v) is 8.77. The van der Waals surface area contributed by atoms with E-state index in [0.717, 1.165) is 27.5 Å². The Hall–Kier alpha value is -2.37. The minimum absolute atomic E-state index is 0.570. The molecule has 4 nitrogen and oxygen atoms in total. The molecule has 0 radical (unpaired) electrons. The van der Waals surface area contributed by atoms with Gasteiger partial charge in [-0.25, -0.2) is 9.97 Å². The van der Waals surface area contributed by atoms with Crippen molar-refractivity contribution in [2.75, 3.05) is 5.32 Å². The third-order valence-corrected chi connectivity index (χ3v) is 4.94. The van der Waals surface area contributed by atoms with Gasteiger partial charge < -0.3 is 9.72 Å². The lowest BCUT2D eigenvalue weighted by atomic mass is 10.1. The van der Waals surface area contributed by atoms with E-state index in [4.69, 9.17) is 16.6 Å². The van der Waals surface area contributed by atoms with E-state index >= 15 is 0 Å². The van der Waals surface area contributed by atoms with Gasteiger partial charge in [-0.3, -0.25) is 0 Å². The van der Waals surface area contributed by atoms with Crippen LogP contribution < -0.4 is 5.32 Å². The van der Waals surface area contributed by atoms with Crippen molar-refractivity contribution in [1.29, 1.82) is 0 Å². The molecule has 0 saturated carbocycles. The highest BCUT2D eigenvalue weighted by molar-refractivity contribution is 7.15. The van der Waals surface area contributed by atoms with Crippen LogP contribution in [0.25, 0.3) is 16.9 Å². The summed E-state index contributed by atoms with van der Waals surface area (Å²) in [4.78, 5) is 9.92. The third-order valence-electron chi connectivity index (χ3n) is 3.83. The summed E-state index contributed by atoms with van der Waals surface area (Å²) in [5.41, 5.74) is 5.26. The molecule has 24 heavy (non-hydrogen) atoms. The topological polar surface area (TPSA) is 42.2 Å². The zero-order valence-electron chi connectivity index (χ0n) is 13.0. The molecule has 3 heterocycles. The lowest BCUT2D eigenvalue weighted by Crippen LogP contribution is -1.97. The summed E-state index contributed by atoms with van der Waals surface area (Å²) in [6, 6.07) is 12.4. The number of aryl methyl sites for hydroxylation is 1. The van der Waals surface area contributed by atoms with Gasteiger partial charge in [-0.2, -0.15) is 0 Å². The lowest BCUT2D eigenvalue weighted by molar-refractivity contribution is 1.16. The van der Waals surface area contributed by atoms with Crippen LogP contribution in [-0.4, -0.2) is 14.4 Å². The molecule has 0 aliphatic rings. The van der Waals surface area contributed by atoms with E-state index in [2.05, 4.69) is 46.0 Å². The van der Waals surface area contributed by atoms with Gasteiger partial charge in [0.2, 0.25) is 0 Å². The Bertz CT molecular complexity index is 1010. The molecule has 0 spiro atoms. The number of hydrogen-bond acceptors (Lipinski definition) is 4. The molecule has 3 aromatic heterocycles. The number of anilines is 1. The molecule has 0 amide bonds. The van der Waals surface area contributed by atoms with Gasteiger partial charge in [0.1, 0.15) is 5.65 Å². The van der Waals surface area contributed by atoms with Crippen LogP contribution in [0, 0.1) is 6.92 Å². The maximum atomic E-state index is 5.87. The normalized spacial score (nSPS) is 11.1. The number of aromatic nitrogens is 3. The van der Waals surface area contributed by atoms with Crippen molar-refractivity contribution in [3.05, 3.63) is 69.9 Å². The van der Waals surface area contributed by atoms with E-state index in [1.165, 1.54) is 16.9 Å². The van der Waals surface area contributed by atoms with Gasteiger partial charge in [0.15, 0.2) is 4.47 Å². The molecule has 4 rings (SSSR count). The number of benzene rings is 1. The van der Waals surface area contributed by atoms with Gasteiger partial charge in [-0.15, -0.1) is 11.3 Å². The number of nitrogens with zero attached hydrogens (tertiary/aromatic N) is 3. The number of nitrogens with one attached hydrogen (secondary N) is 1. The summed E-state index contributed by atoms with van der Waals surface area (Å²) in [5, 5.41) is 3.41. The average molecular weight is 355 g/mol. The Balaban J connectivity index is 1.60. The third kappa shape index (κ3) is 3.00. The molecule has 1 N–H and O–H groups in total. The quantitative estimate of drug-likeness (QED) is 0.558. The molecule has 0 fully saturated rings. The number of halogens is 1. The molecule has 0 aliphatic carbocycles. The second-order valence-corrected chi connectivity index (χ2v) is 7.26. The molecule has 6 heteroatoms. The summed E-state index contributed by atoms with van der Waals surface area (Å²) in [5.74, 6) is 0. The Labute approximate surface area is 148 Å². The van der Waals surface area contributed by atoms with Gasteiger partial charge in [-0.05, 0) is 30.7 Å². The van der Waals surface area contributed by atoms with Crippen molar-refractivity contribution < 1.29 is 0 Å². The molecule has 0 atom stereocenters. The van der Waals surface area contributed by atoms with Crippen molar-refractivity contribution in [2.45, 2.75) is 13.5 Å². The van der Waals surface area contributed by atoms with E-state index in [1.807, 2.05) is 24.4 Å². The zero-order valence-corrected chi connectivity index (χ0v) is 14.6. The van der Waals surface area contributed by atoms with Crippen LogP contribution >= 0.6 is 22.9 Å². The van der Waals surface area contributed by atoms with Gasteiger partial charge in [-0.1, -0.05) is 29.8 Å². The summed E-state index contributed by atoms with van der Waals surface area (Å²) >= 11 is 7.36. The maximum absolute atomic E-state index is 5.87. The summed E-state index contributed by atoms with van der Waals surface area (Å²) in [6.07, 6.45) is 5.88. The summed E-state index contributed by atoms with van der Waals surface area (Å²) in [7, 11) is 0. The predicted molar refractivity (Wildman–Crippen MR) is 99.8 cm³/mol. The second kappa shape index (κ2) is 6.26. The Morgan fingerprint density at radius 1 is 1.25 bits per heavy atom. The van der Waals surface area contributed by atoms with Crippen LogP contribution in [0.5, 0.6) is 0 Å². The van der Waals surface area contributed by atoms with Crippen LogP contribution in [0.3, 0.4) is 0 Å². The summed E-state index contributed by atoms with van der Waals surface area (Å²) in [6.45, 7) is 2.78. The van der Waals surface area contributed by atoms with E-state index < -0.39 is 0 Å². The monoisotopic (exact) mass is 354 g/mol. The number of thiazole rings is 1. The predicted octanol–water partition coefficient (Wildman–Crippen LogP) is 5.03. The van der Waals surface area contributed by atoms with Crippen LogP contribution in [0.1, 0.15) is 10.4 Å². The number of pyridine rings is 1. The standard InChI is InChI=1S/C18H15ClN4S/c1-12-4-3-7-23-11-16(22-17(12)23)13-5-2-6-14(8-13)20-9-15-10-21-18(19)24-15/h2-8,10-11,20H,9H2,1H3. The average Bonchev–Trinajstić information content (AvgIpc) is 3.20. The Morgan fingerprint density at radius 2 is 2.17 bits per heavy atom. The van der Waals surface area contributed by atoms with Crippen LogP contribution in [0.4, 0.5) is 5.69 Å². The number of rotatable bonds is 4. The fourth-order valence-corrected chi connectivity index (χ4v) is 3.55. The minimum Gasteiger partial charge on any atom is -0.380 e. The van der Waals surface area contributed by atoms with E-state index in [0.29, 0.717) is 11.0 Å². The molecular weight excluding hydrogens is 340 g/mol. The van der Waals surface area contributed by atoms with Gasteiger partial charge in [0, 0.05) is 34.7 Å². The van der Waals surface area contributed by atoms with Crippen molar-refractivity contribution in [3.63, 3.8) is 0 Å². The highest BCUT2D eigenvalue weighted by Crippen LogP contribution is 2.24. The molecule has 0 saturated heterocycles. The van der Waals surface area contributed by atoms with E-state index in [1.54, 1.807) is 6.20 Å². The second-order valence-electron chi connectivity index (χ2n) is 5.56. The van der Waals surface area contributed by atoms with Crippen LogP contribution in [-0.2, 0) is 6.54 Å². The van der Waals surface area contributed by atoms with Gasteiger partial charge in [0.25, 0.3) is 0 Å². The highest BCUT2D eigenvalue weighted by atomic mass is 35.5. The molecule has 0 unspecified atom stereocenters.